The number of aliphatic hydroxyl groups is 1. The molecule has 0 saturated heterocycles. The van der Waals surface area contributed by atoms with Gasteiger partial charge in [-0.25, -0.2) is 4.79 Å². The summed E-state index contributed by atoms with van der Waals surface area (Å²) in [6.45, 7) is 1.15. The molecule has 1 N–H and O–H groups in total. The van der Waals surface area contributed by atoms with Crippen LogP contribution in [0.5, 0.6) is 17.2 Å². The van der Waals surface area contributed by atoms with E-state index in [1.165, 1.54) is 7.11 Å². The Morgan fingerprint density at radius 3 is 2.36 bits per heavy atom. The van der Waals surface area contributed by atoms with Crippen molar-refractivity contribution >= 4 is 5.97 Å². The molecule has 0 amide bonds. The van der Waals surface area contributed by atoms with Crippen molar-refractivity contribution in [1.29, 1.82) is 0 Å². The molecule has 0 radical (unpaired) electrons. The van der Waals surface area contributed by atoms with Crippen molar-refractivity contribution < 1.29 is 28.8 Å². The fraction of sp³-hybridized carbons (Fsp3) is 0.562. The molecule has 0 aromatic heterocycles. The Hall–Kier alpha value is -1.95. The van der Waals surface area contributed by atoms with Crippen molar-refractivity contribution in [2.24, 2.45) is 0 Å². The minimum Gasteiger partial charge on any atom is -0.493 e. The van der Waals surface area contributed by atoms with Gasteiger partial charge < -0.3 is 24.1 Å². The summed E-state index contributed by atoms with van der Waals surface area (Å²) in [5.41, 5.74) is 2.10. The van der Waals surface area contributed by atoms with E-state index in [-0.39, 0.29) is 0 Å². The van der Waals surface area contributed by atoms with E-state index < -0.39 is 12.1 Å². The largest absolute Gasteiger partial charge is 0.493 e. The van der Waals surface area contributed by atoms with E-state index in [0.29, 0.717) is 42.4 Å². The number of benzene rings is 1. The molecule has 2 aliphatic heterocycles. The molecule has 0 bridgehead atoms. The number of ether oxygens (including phenoxy) is 4. The SMILES string of the molecule is COC(=O)C(O)c1c2c(c(OC)c3c1OCCC3)OCCC2. The van der Waals surface area contributed by atoms with Crippen LogP contribution < -0.4 is 14.2 Å². The maximum atomic E-state index is 11.8. The monoisotopic (exact) mass is 308 g/mol. The third-order valence-electron chi connectivity index (χ3n) is 4.14. The van der Waals surface area contributed by atoms with Gasteiger partial charge in [-0.05, 0) is 25.7 Å². The van der Waals surface area contributed by atoms with Crippen molar-refractivity contribution in [2.75, 3.05) is 27.4 Å². The molecule has 1 aromatic carbocycles. The van der Waals surface area contributed by atoms with E-state index >= 15 is 0 Å². The Balaban J connectivity index is 2.25. The molecule has 0 fully saturated rings. The first-order valence-corrected chi connectivity index (χ1v) is 7.46. The highest BCUT2D eigenvalue weighted by Crippen LogP contribution is 2.50. The van der Waals surface area contributed by atoms with Crippen molar-refractivity contribution in [3.8, 4) is 17.2 Å². The van der Waals surface area contributed by atoms with Crippen LogP contribution >= 0.6 is 0 Å². The normalized spacial score (nSPS) is 17.4. The topological polar surface area (TPSA) is 74.2 Å². The molecule has 1 unspecified atom stereocenters. The van der Waals surface area contributed by atoms with Gasteiger partial charge in [0.2, 0.25) is 0 Å². The average Bonchev–Trinajstić information content (AvgIpc) is 2.58. The van der Waals surface area contributed by atoms with Gasteiger partial charge in [0.1, 0.15) is 5.75 Å². The number of carbonyl (C=O) groups is 1. The second-order valence-corrected chi connectivity index (χ2v) is 5.39. The highest BCUT2D eigenvalue weighted by atomic mass is 16.5. The second kappa shape index (κ2) is 6.04. The molecule has 1 aromatic rings. The van der Waals surface area contributed by atoms with Crippen LogP contribution in [0.1, 0.15) is 35.6 Å². The van der Waals surface area contributed by atoms with E-state index in [1.807, 2.05) is 0 Å². The minimum absolute atomic E-state index is 0.469. The highest BCUT2D eigenvalue weighted by molar-refractivity contribution is 5.80. The maximum Gasteiger partial charge on any atom is 0.339 e. The highest BCUT2D eigenvalue weighted by Gasteiger charge is 2.35. The molecule has 0 spiro atoms. The molecule has 6 nitrogen and oxygen atoms in total. The number of carbonyl (C=O) groups excluding carboxylic acids is 1. The molecular weight excluding hydrogens is 288 g/mol. The Morgan fingerprint density at radius 2 is 1.73 bits per heavy atom. The third kappa shape index (κ3) is 2.27. The molecular formula is C16H20O6. The first-order chi connectivity index (χ1) is 10.7. The summed E-state index contributed by atoms with van der Waals surface area (Å²) >= 11 is 0. The zero-order chi connectivity index (χ0) is 15.7. The number of esters is 1. The smallest absolute Gasteiger partial charge is 0.339 e. The summed E-state index contributed by atoms with van der Waals surface area (Å²) in [7, 11) is 2.85. The molecule has 22 heavy (non-hydrogen) atoms. The first kappa shape index (κ1) is 15.0. The Kier molecular flexibility index (Phi) is 4.11. The van der Waals surface area contributed by atoms with Gasteiger partial charge in [0.15, 0.2) is 17.6 Å². The summed E-state index contributed by atoms with van der Waals surface area (Å²) in [4.78, 5) is 11.8. The summed E-state index contributed by atoms with van der Waals surface area (Å²) in [6, 6.07) is 0. The van der Waals surface area contributed by atoms with Crippen LogP contribution in [0.3, 0.4) is 0 Å². The first-order valence-electron chi connectivity index (χ1n) is 7.46. The summed E-state index contributed by atoms with van der Waals surface area (Å²) in [5.74, 6) is 1.13. The maximum absolute atomic E-state index is 11.8. The molecule has 1 atom stereocenters. The van der Waals surface area contributed by atoms with Gasteiger partial charge in [-0.2, -0.15) is 0 Å². The van der Waals surface area contributed by atoms with Crippen LogP contribution in [0.15, 0.2) is 0 Å². The van der Waals surface area contributed by atoms with Crippen LogP contribution in [0, 0.1) is 0 Å². The van der Waals surface area contributed by atoms with Gasteiger partial charge in [-0.1, -0.05) is 0 Å². The number of fused-ring (bicyclic) bond motifs is 2. The van der Waals surface area contributed by atoms with Crippen molar-refractivity contribution in [1.82, 2.24) is 0 Å². The fourth-order valence-corrected chi connectivity index (χ4v) is 3.17. The number of aliphatic hydroxyl groups excluding tert-OH is 1. The fourth-order valence-electron chi connectivity index (χ4n) is 3.17. The van der Waals surface area contributed by atoms with Crippen LogP contribution in [0.4, 0.5) is 0 Å². The minimum atomic E-state index is -1.38. The lowest BCUT2D eigenvalue weighted by Crippen LogP contribution is -2.23. The Labute approximate surface area is 128 Å². The average molecular weight is 308 g/mol. The predicted octanol–water partition coefficient (Wildman–Crippen LogP) is 1.55. The van der Waals surface area contributed by atoms with E-state index in [2.05, 4.69) is 4.74 Å². The molecule has 2 aliphatic rings. The van der Waals surface area contributed by atoms with Gasteiger partial charge in [0.25, 0.3) is 0 Å². The van der Waals surface area contributed by atoms with Crippen molar-refractivity contribution in [2.45, 2.75) is 31.8 Å². The molecule has 0 aliphatic carbocycles. The summed E-state index contributed by atoms with van der Waals surface area (Å²) < 4.78 is 21.8. The summed E-state index contributed by atoms with van der Waals surface area (Å²) in [6.07, 6.45) is 1.76. The van der Waals surface area contributed by atoms with Crippen molar-refractivity contribution in [3.63, 3.8) is 0 Å². The molecule has 3 rings (SSSR count). The van der Waals surface area contributed by atoms with Gasteiger partial charge in [-0.15, -0.1) is 0 Å². The molecule has 120 valence electrons. The lowest BCUT2D eigenvalue weighted by molar-refractivity contribution is -0.150. The lowest BCUT2D eigenvalue weighted by atomic mass is 9.89. The third-order valence-corrected chi connectivity index (χ3v) is 4.14. The molecule has 2 heterocycles. The van der Waals surface area contributed by atoms with Gasteiger partial charge in [-0.3, -0.25) is 0 Å². The number of methoxy groups -OCH3 is 2. The van der Waals surface area contributed by atoms with Gasteiger partial charge in [0.05, 0.1) is 27.4 Å². The zero-order valence-electron chi connectivity index (χ0n) is 12.8. The number of hydrogen-bond donors (Lipinski definition) is 1. The lowest BCUT2D eigenvalue weighted by Gasteiger charge is -2.30. The molecule has 0 saturated carbocycles. The number of rotatable bonds is 3. The summed E-state index contributed by atoms with van der Waals surface area (Å²) in [5, 5.41) is 10.4. The standard InChI is InChI=1S/C16H20O6/c1-19-14-10-6-4-7-21-13(10)11(12(17)16(18)20-2)9-5-3-8-22-15(9)14/h12,17H,3-8H2,1-2H3. The quantitative estimate of drug-likeness (QED) is 0.854. The predicted molar refractivity (Wildman–Crippen MR) is 77.6 cm³/mol. The zero-order valence-corrected chi connectivity index (χ0v) is 12.8. The van der Waals surface area contributed by atoms with Crippen LogP contribution in [-0.2, 0) is 22.4 Å². The van der Waals surface area contributed by atoms with Gasteiger partial charge in [0, 0.05) is 16.7 Å². The number of hydrogen-bond acceptors (Lipinski definition) is 6. The van der Waals surface area contributed by atoms with E-state index in [0.717, 1.165) is 30.4 Å². The Bertz CT molecular complexity index is 558. The van der Waals surface area contributed by atoms with E-state index in [9.17, 15) is 9.90 Å². The van der Waals surface area contributed by atoms with Crippen LogP contribution in [-0.4, -0.2) is 38.5 Å². The Morgan fingerprint density at radius 1 is 1.09 bits per heavy atom. The van der Waals surface area contributed by atoms with Crippen LogP contribution in [0.25, 0.3) is 0 Å². The van der Waals surface area contributed by atoms with Gasteiger partial charge >= 0.3 is 5.97 Å². The molecule has 6 heteroatoms. The van der Waals surface area contributed by atoms with E-state index in [1.54, 1.807) is 7.11 Å². The van der Waals surface area contributed by atoms with Crippen molar-refractivity contribution in [3.05, 3.63) is 16.7 Å². The van der Waals surface area contributed by atoms with Crippen LogP contribution in [0.2, 0.25) is 0 Å². The van der Waals surface area contributed by atoms with E-state index in [4.69, 9.17) is 14.2 Å². The second-order valence-electron chi connectivity index (χ2n) is 5.39.